The Morgan fingerprint density at radius 2 is 2.17 bits per heavy atom. The molecule has 0 aromatic heterocycles. The molecule has 124 valence electrons. The van der Waals surface area contributed by atoms with Gasteiger partial charge in [0.1, 0.15) is 0 Å². The van der Waals surface area contributed by atoms with E-state index in [1.54, 1.807) is 6.92 Å². The summed E-state index contributed by atoms with van der Waals surface area (Å²) in [4.78, 5) is 14.0. The number of likely N-dealkylation sites (tertiary alicyclic amines) is 1. The van der Waals surface area contributed by atoms with Gasteiger partial charge in [0, 0.05) is 11.5 Å². The van der Waals surface area contributed by atoms with Crippen molar-refractivity contribution in [2.75, 3.05) is 13.6 Å². The molecule has 2 fully saturated rings. The third kappa shape index (κ3) is 2.16. The smallest absolute Gasteiger partial charge is 0.310 e. The average Bonchev–Trinajstić information content (AvgIpc) is 2.57. The van der Waals surface area contributed by atoms with Gasteiger partial charge in [-0.15, -0.1) is 0 Å². The van der Waals surface area contributed by atoms with Crippen molar-refractivity contribution >= 4 is 5.97 Å². The molecule has 4 atom stereocenters. The summed E-state index contributed by atoms with van der Waals surface area (Å²) in [5, 5.41) is 9.37. The quantitative estimate of drug-likeness (QED) is 0.907. The molecule has 2 aliphatic carbocycles. The van der Waals surface area contributed by atoms with E-state index < -0.39 is 11.9 Å². The SMILES string of the molecule is CC(C(=O)O)c1ccc2c(c1)C13CCCCC1C(C2)N(C)CC3. The molecular weight excluding hydrogens is 286 g/mol. The van der Waals surface area contributed by atoms with Crippen LogP contribution in [0.2, 0.25) is 0 Å². The first-order valence-electron chi connectivity index (χ1n) is 9.09. The van der Waals surface area contributed by atoms with Crippen LogP contribution in [0.5, 0.6) is 0 Å². The van der Waals surface area contributed by atoms with E-state index >= 15 is 0 Å². The van der Waals surface area contributed by atoms with Crippen molar-refractivity contribution in [2.45, 2.75) is 62.8 Å². The summed E-state index contributed by atoms with van der Waals surface area (Å²) < 4.78 is 0. The largest absolute Gasteiger partial charge is 0.481 e. The summed E-state index contributed by atoms with van der Waals surface area (Å²) in [5.41, 5.74) is 4.27. The first-order valence-corrected chi connectivity index (χ1v) is 9.09. The number of carboxylic acids is 1. The van der Waals surface area contributed by atoms with Crippen molar-refractivity contribution in [3.63, 3.8) is 0 Å². The minimum absolute atomic E-state index is 0.317. The monoisotopic (exact) mass is 313 g/mol. The molecule has 1 N–H and O–H groups in total. The molecule has 1 heterocycles. The van der Waals surface area contributed by atoms with E-state index in [2.05, 4.69) is 24.1 Å². The Balaban J connectivity index is 1.83. The first kappa shape index (κ1) is 15.2. The second-order valence-corrected chi connectivity index (χ2v) is 7.99. The minimum atomic E-state index is -0.722. The average molecular weight is 313 g/mol. The summed E-state index contributed by atoms with van der Waals surface area (Å²) >= 11 is 0. The minimum Gasteiger partial charge on any atom is -0.481 e. The highest BCUT2D eigenvalue weighted by Gasteiger charge is 2.53. The summed E-state index contributed by atoms with van der Waals surface area (Å²) in [7, 11) is 2.29. The number of likely N-dealkylation sites (N-methyl/N-ethyl adjacent to an activating group) is 1. The highest BCUT2D eigenvalue weighted by molar-refractivity contribution is 5.75. The van der Waals surface area contributed by atoms with E-state index in [9.17, 15) is 9.90 Å². The van der Waals surface area contributed by atoms with E-state index in [-0.39, 0.29) is 0 Å². The third-order valence-corrected chi connectivity index (χ3v) is 7.01. The Morgan fingerprint density at radius 3 is 2.96 bits per heavy atom. The molecule has 1 aliphatic heterocycles. The van der Waals surface area contributed by atoms with Crippen molar-refractivity contribution in [1.29, 1.82) is 0 Å². The third-order valence-electron chi connectivity index (χ3n) is 7.01. The molecule has 23 heavy (non-hydrogen) atoms. The van der Waals surface area contributed by atoms with Gasteiger partial charge in [0.05, 0.1) is 5.92 Å². The Bertz CT molecular complexity index is 641. The Morgan fingerprint density at radius 1 is 1.35 bits per heavy atom. The van der Waals surface area contributed by atoms with Crippen molar-refractivity contribution in [3.8, 4) is 0 Å². The van der Waals surface area contributed by atoms with Gasteiger partial charge in [-0.3, -0.25) is 4.79 Å². The van der Waals surface area contributed by atoms with E-state index in [1.807, 2.05) is 6.07 Å². The molecule has 1 saturated carbocycles. The number of fused-ring (bicyclic) bond motifs is 1. The second-order valence-electron chi connectivity index (χ2n) is 7.99. The molecule has 2 bridgehead atoms. The molecule has 4 rings (SSSR count). The van der Waals surface area contributed by atoms with Gasteiger partial charge in [0.15, 0.2) is 0 Å². The standard InChI is InChI=1S/C20H27NO2/c1-13(19(22)23)14-6-7-15-12-18-16-5-3-4-8-20(16,17(15)11-14)9-10-21(18)2/h6-7,11,13,16,18H,3-5,8-10,12H2,1-2H3,(H,22,23). The lowest BCUT2D eigenvalue weighted by atomic mass is 9.52. The van der Waals surface area contributed by atoms with Crippen LogP contribution in [0.4, 0.5) is 0 Å². The Labute approximate surface area is 138 Å². The maximum Gasteiger partial charge on any atom is 0.310 e. The molecule has 3 heteroatoms. The molecule has 1 aromatic carbocycles. The summed E-state index contributed by atoms with van der Waals surface area (Å²) in [5.74, 6) is -0.375. The van der Waals surface area contributed by atoms with E-state index in [1.165, 1.54) is 49.8 Å². The topological polar surface area (TPSA) is 40.5 Å². The first-order chi connectivity index (χ1) is 11.0. The molecule has 1 aromatic rings. The number of rotatable bonds is 2. The van der Waals surface area contributed by atoms with Gasteiger partial charge in [-0.2, -0.15) is 0 Å². The van der Waals surface area contributed by atoms with Crippen LogP contribution in [-0.2, 0) is 16.6 Å². The lowest BCUT2D eigenvalue weighted by Crippen LogP contribution is -2.59. The molecular formula is C20H27NO2. The molecule has 1 saturated heterocycles. The number of benzene rings is 1. The number of nitrogens with zero attached hydrogens (tertiary/aromatic N) is 1. The second kappa shape index (κ2) is 5.34. The van der Waals surface area contributed by atoms with Crippen LogP contribution in [0.15, 0.2) is 18.2 Å². The number of aliphatic carboxylic acids is 1. The van der Waals surface area contributed by atoms with Crippen LogP contribution in [-0.4, -0.2) is 35.6 Å². The molecule has 4 unspecified atom stereocenters. The van der Waals surface area contributed by atoms with Gasteiger partial charge >= 0.3 is 5.97 Å². The van der Waals surface area contributed by atoms with E-state index in [0.29, 0.717) is 11.5 Å². The lowest BCUT2D eigenvalue weighted by molar-refractivity contribution is -0.138. The number of hydrogen-bond acceptors (Lipinski definition) is 2. The Hall–Kier alpha value is -1.35. The van der Waals surface area contributed by atoms with Crippen molar-refractivity contribution < 1.29 is 9.90 Å². The normalized spacial score (nSPS) is 34.3. The summed E-state index contributed by atoms with van der Waals surface area (Å²) in [6.45, 7) is 2.99. The van der Waals surface area contributed by atoms with Crippen molar-refractivity contribution in [3.05, 3.63) is 34.9 Å². The fourth-order valence-electron chi connectivity index (χ4n) is 5.63. The van der Waals surface area contributed by atoms with Crippen LogP contribution in [0.1, 0.15) is 61.6 Å². The predicted octanol–water partition coefficient (Wildman–Crippen LogP) is 3.56. The summed E-state index contributed by atoms with van der Waals surface area (Å²) in [6.07, 6.45) is 7.69. The number of carboxylic acid groups (broad SMARTS) is 1. The fourth-order valence-corrected chi connectivity index (χ4v) is 5.63. The van der Waals surface area contributed by atoms with Crippen molar-refractivity contribution in [1.82, 2.24) is 4.90 Å². The zero-order valence-electron chi connectivity index (χ0n) is 14.2. The number of piperidine rings is 1. The molecule has 3 aliphatic rings. The molecule has 0 radical (unpaired) electrons. The van der Waals surface area contributed by atoms with Crippen LogP contribution < -0.4 is 0 Å². The van der Waals surface area contributed by atoms with Crippen molar-refractivity contribution in [2.24, 2.45) is 5.92 Å². The zero-order valence-corrected chi connectivity index (χ0v) is 14.2. The number of hydrogen-bond donors (Lipinski definition) is 1. The molecule has 3 nitrogen and oxygen atoms in total. The van der Waals surface area contributed by atoms with Gasteiger partial charge in [0.2, 0.25) is 0 Å². The number of carbonyl (C=O) groups is 1. The van der Waals surface area contributed by atoms with Gasteiger partial charge in [-0.05, 0) is 68.8 Å². The van der Waals surface area contributed by atoms with Gasteiger partial charge in [-0.1, -0.05) is 31.0 Å². The maximum atomic E-state index is 11.4. The predicted molar refractivity (Wildman–Crippen MR) is 90.9 cm³/mol. The molecule has 0 spiro atoms. The highest BCUT2D eigenvalue weighted by Crippen LogP contribution is 2.55. The van der Waals surface area contributed by atoms with Gasteiger partial charge in [0.25, 0.3) is 0 Å². The van der Waals surface area contributed by atoms with Gasteiger partial charge < -0.3 is 10.0 Å². The van der Waals surface area contributed by atoms with Crippen LogP contribution in [0.25, 0.3) is 0 Å². The van der Waals surface area contributed by atoms with Gasteiger partial charge in [-0.25, -0.2) is 0 Å². The fraction of sp³-hybridized carbons (Fsp3) is 0.650. The highest BCUT2D eigenvalue weighted by atomic mass is 16.4. The van der Waals surface area contributed by atoms with Crippen LogP contribution in [0, 0.1) is 5.92 Å². The zero-order chi connectivity index (χ0) is 16.2. The lowest BCUT2D eigenvalue weighted by Gasteiger charge is -2.58. The van der Waals surface area contributed by atoms with Crippen LogP contribution >= 0.6 is 0 Å². The van der Waals surface area contributed by atoms with E-state index in [4.69, 9.17) is 0 Å². The summed E-state index contributed by atoms with van der Waals surface area (Å²) in [6, 6.07) is 7.21. The Kier molecular flexibility index (Phi) is 3.53. The van der Waals surface area contributed by atoms with E-state index in [0.717, 1.165) is 17.9 Å². The van der Waals surface area contributed by atoms with Crippen LogP contribution in [0.3, 0.4) is 0 Å². The maximum absolute atomic E-state index is 11.4. The molecule has 0 amide bonds.